The molecule has 0 saturated heterocycles. The van der Waals surface area contributed by atoms with Gasteiger partial charge in [0.1, 0.15) is 5.69 Å². The van der Waals surface area contributed by atoms with E-state index in [0.717, 1.165) is 5.56 Å². The Morgan fingerprint density at radius 2 is 1.96 bits per heavy atom. The highest BCUT2D eigenvalue weighted by Gasteiger charge is 2.16. The van der Waals surface area contributed by atoms with Gasteiger partial charge >= 0.3 is 0 Å². The highest BCUT2D eigenvalue weighted by molar-refractivity contribution is 6.33. The summed E-state index contributed by atoms with van der Waals surface area (Å²) >= 11 is 6.15. The van der Waals surface area contributed by atoms with Crippen molar-refractivity contribution < 1.29 is 14.3 Å². The molecule has 0 unspecified atom stereocenters. The number of benzene rings is 2. The Balaban J connectivity index is 1.54. The first kappa shape index (κ1) is 14.6. The zero-order chi connectivity index (χ0) is 16.5. The first-order chi connectivity index (χ1) is 11.7. The number of carbonyl (C=O) groups excluding carboxylic acids is 1. The number of ether oxygens (including phenoxy) is 2. The third-order valence-electron chi connectivity index (χ3n) is 3.60. The monoisotopic (exact) mass is 341 g/mol. The number of hydrogen-bond acceptors (Lipinski definition) is 4. The summed E-state index contributed by atoms with van der Waals surface area (Å²) in [7, 11) is 0. The molecule has 6 nitrogen and oxygen atoms in total. The van der Waals surface area contributed by atoms with E-state index in [1.807, 2.05) is 18.2 Å². The normalized spacial score (nSPS) is 12.2. The molecular weight excluding hydrogens is 330 g/mol. The van der Waals surface area contributed by atoms with E-state index in [0.29, 0.717) is 33.6 Å². The summed E-state index contributed by atoms with van der Waals surface area (Å²) in [6.07, 6.45) is 0. The second kappa shape index (κ2) is 5.90. The largest absolute Gasteiger partial charge is 0.454 e. The van der Waals surface area contributed by atoms with Crippen LogP contribution in [0.1, 0.15) is 10.5 Å². The van der Waals surface area contributed by atoms with Crippen LogP contribution in [0.5, 0.6) is 11.5 Å². The van der Waals surface area contributed by atoms with Crippen molar-refractivity contribution in [3.8, 4) is 22.8 Å². The highest BCUT2D eigenvalue weighted by atomic mass is 35.5. The Bertz CT molecular complexity index is 923. The van der Waals surface area contributed by atoms with Crippen LogP contribution in [-0.2, 0) is 0 Å². The van der Waals surface area contributed by atoms with Crippen molar-refractivity contribution >= 4 is 23.2 Å². The molecule has 0 bridgehead atoms. The van der Waals surface area contributed by atoms with E-state index in [2.05, 4.69) is 15.5 Å². The first-order valence-corrected chi connectivity index (χ1v) is 7.60. The third kappa shape index (κ3) is 2.68. The van der Waals surface area contributed by atoms with Gasteiger partial charge in [0.05, 0.1) is 10.7 Å². The van der Waals surface area contributed by atoms with Gasteiger partial charge in [0.25, 0.3) is 5.91 Å². The van der Waals surface area contributed by atoms with Gasteiger partial charge in [-0.2, -0.15) is 5.10 Å². The summed E-state index contributed by atoms with van der Waals surface area (Å²) in [4.78, 5) is 12.4. The van der Waals surface area contributed by atoms with Gasteiger partial charge in [-0.15, -0.1) is 0 Å². The molecule has 2 N–H and O–H groups in total. The van der Waals surface area contributed by atoms with Crippen molar-refractivity contribution in [3.63, 3.8) is 0 Å². The van der Waals surface area contributed by atoms with E-state index in [9.17, 15) is 4.79 Å². The molecule has 0 radical (unpaired) electrons. The standard InChI is InChI=1S/C17H12ClN3O3/c18-12-4-2-1-3-11(12)13-8-14(21-20-13)17(22)19-10-5-6-15-16(7-10)24-9-23-15/h1-8H,9H2,(H,19,22)(H,20,21). The van der Waals surface area contributed by atoms with Gasteiger partial charge in [0.2, 0.25) is 6.79 Å². The van der Waals surface area contributed by atoms with E-state index < -0.39 is 0 Å². The van der Waals surface area contributed by atoms with Crippen molar-refractivity contribution in [2.75, 3.05) is 12.1 Å². The molecule has 2 heterocycles. The van der Waals surface area contributed by atoms with Crippen LogP contribution in [0, 0.1) is 0 Å². The molecule has 0 atom stereocenters. The van der Waals surface area contributed by atoms with Gasteiger partial charge in [0.15, 0.2) is 11.5 Å². The molecule has 120 valence electrons. The predicted octanol–water partition coefficient (Wildman–Crippen LogP) is 3.71. The fourth-order valence-electron chi connectivity index (χ4n) is 2.42. The number of amides is 1. The minimum absolute atomic E-state index is 0.189. The lowest BCUT2D eigenvalue weighted by Gasteiger charge is -2.04. The molecule has 1 amide bonds. The number of rotatable bonds is 3. The molecule has 7 heteroatoms. The van der Waals surface area contributed by atoms with Gasteiger partial charge in [-0.05, 0) is 24.3 Å². The van der Waals surface area contributed by atoms with Gasteiger partial charge in [0, 0.05) is 17.3 Å². The molecule has 1 aliphatic rings. The topological polar surface area (TPSA) is 76.2 Å². The summed E-state index contributed by atoms with van der Waals surface area (Å²) in [6.45, 7) is 0.189. The van der Waals surface area contributed by atoms with Crippen molar-refractivity contribution in [1.82, 2.24) is 10.2 Å². The Hall–Kier alpha value is -2.99. The van der Waals surface area contributed by atoms with Gasteiger partial charge < -0.3 is 14.8 Å². The van der Waals surface area contributed by atoms with E-state index in [1.54, 1.807) is 30.3 Å². The number of hydrogen-bond donors (Lipinski definition) is 2. The van der Waals surface area contributed by atoms with Gasteiger partial charge in [-0.25, -0.2) is 0 Å². The fourth-order valence-corrected chi connectivity index (χ4v) is 2.65. The molecule has 0 saturated carbocycles. The number of H-pyrrole nitrogens is 1. The smallest absolute Gasteiger partial charge is 0.273 e. The lowest BCUT2D eigenvalue weighted by Crippen LogP contribution is -2.12. The summed E-state index contributed by atoms with van der Waals surface area (Å²) in [5.41, 5.74) is 2.31. The van der Waals surface area contributed by atoms with Crippen LogP contribution in [0.3, 0.4) is 0 Å². The van der Waals surface area contributed by atoms with Crippen LogP contribution < -0.4 is 14.8 Å². The van der Waals surface area contributed by atoms with E-state index in [4.69, 9.17) is 21.1 Å². The second-order valence-electron chi connectivity index (χ2n) is 5.17. The molecule has 1 aliphatic heterocycles. The number of aromatic nitrogens is 2. The first-order valence-electron chi connectivity index (χ1n) is 7.22. The van der Waals surface area contributed by atoms with Crippen LogP contribution in [0.25, 0.3) is 11.3 Å². The van der Waals surface area contributed by atoms with Crippen LogP contribution in [0.4, 0.5) is 5.69 Å². The number of nitrogens with one attached hydrogen (secondary N) is 2. The molecule has 0 fully saturated rings. The average molecular weight is 342 g/mol. The molecule has 0 aliphatic carbocycles. The maximum Gasteiger partial charge on any atom is 0.273 e. The second-order valence-corrected chi connectivity index (χ2v) is 5.58. The number of nitrogens with zero attached hydrogens (tertiary/aromatic N) is 1. The summed E-state index contributed by atoms with van der Waals surface area (Å²) in [5, 5.41) is 10.2. The van der Waals surface area contributed by atoms with Crippen LogP contribution in [-0.4, -0.2) is 22.9 Å². The van der Waals surface area contributed by atoms with E-state index in [1.165, 1.54) is 0 Å². The number of fused-ring (bicyclic) bond motifs is 1. The highest BCUT2D eigenvalue weighted by Crippen LogP contribution is 2.34. The van der Waals surface area contributed by atoms with E-state index >= 15 is 0 Å². The SMILES string of the molecule is O=C(Nc1ccc2c(c1)OCO2)c1cc(-c2ccccc2Cl)n[nH]1. The van der Waals surface area contributed by atoms with Crippen LogP contribution in [0.15, 0.2) is 48.5 Å². The summed E-state index contributed by atoms with van der Waals surface area (Å²) in [6, 6.07) is 14.2. The molecule has 2 aromatic carbocycles. The van der Waals surface area contributed by atoms with Crippen molar-refractivity contribution in [2.45, 2.75) is 0 Å². The number of carbonyl (C=O) groups is 1. The number of anilines is 1. The zero-order valence-corrected chi connectivity index (χ0v) is 13.1. The Morgan fingerprint density at radius 3 is 2.83 bits per heavy atom. The zero-order valence-electron chi connectivity index (χ0n) is 12.4. The molecule has 0 spiro atoms. The minimum atomic E-state index is -0.306. The van der Waals surface area contributed by atoms with E-state index in [-0.39, 0.29) is 12.7 Å². The summed E-state index contributed by atoms with van der Waals surface area (Å²) < 4.78 is 10.5. The Kier molecular flexibility index (Phi) is 3.59. The van der Waals surface area contributed by atoms with Crippen molar-refractivity contribution in [1.29, 1.82) is 0 Å². The fraction of sp³-hybridized carbons (Fsp3) is 0.0588. The lowest BCUT2D eigenvalue weighted by molar-refractivity contribution is 0.102. The maximum absolute atomic E-state index is 12.4. The molecule has 3 aromatic rings. The molecule has 4 rings (SSSR count). The molecule has 1 aromatic heterocycles. The van der Waals surface area contributed by atoms with Crippen molar-refractivity contribution in [3.05, 3.63) is 59.2 Å². The lowest BCUT2D eigenvalue weighted by atomic mass is 10.1. The number of halogens is 1. The minimum Gasteiger partial charge on any atom is -0.454 e. The molecule has 24 heavy (non-hydrogen) atoms. The molecular formula is C17H12ClN3O3. The maximum atomic E-state index is 12.4. The Morgan fingerprint density at radius 1 is 1.12 bits per heavy atom. The predicted molar refractivity (Wildman–Crippen MR) is 89.6 cm³/mol. The summed E-state index contributed by atoms with van der Waals surface area (Å²) in [5.74, 6) is 0.962. The van der Waals surface area contributed by atoms with Crippen molar-refractivity contribution in [2.24, 2.45) is 0 Å². The van der Waals surface area contributed by atoms with Gasteiger partial charge in [-0.1, -0.05) is 29.8 Å². The third-order valence-corrected chi connectivity index (χ3v) is 3.93. The Labute approximate surface area is 142 Å². The number of aromatic amines is 1. The quantitative estimate of drug-likeness (QED) is 0.761. The van der Waals surface area contributed by atoms with Crippen LogP contribution in [0.2, 0.25) is 5.02 Å². The average Bonchev–Trinajstić information content (AvgIpc) is 3.24. The van der Waals surface area contributed by atoms with Gasteiger partial charge in [-0.3, -0.25) is 9.89 Å². The van der Waals surface area contributed by atoms with Crippen LogP contribution >= 0.6 is 11.6 Å².